The SMILES string of the molecule is Cl.NC[C@H](NC(=O)c1cccc(-c2cccc([N+](=O)[O-])c2)c1)c1ccccc1. The maximum Gasteiger partial charge on any atom is 0.270 e. The van der Waals surface area contributed by atoms with Gasteiger partial charge in [0, 0.05) is 24.2 Å². The zero-order chi connectivity index (χ0) is 19.2. The minimum absolute atomic E-state index is 0. The summed E-state index contributed by atoms with van der Waals surface area (Å²) in [6.07, 6.45) is 0. The van der Waals surface area contributed by atoms with Crippen LogP contribution in [0, 0.1) is 10.1 Å². The number of nitrogens with one attached hydrogen (secondary N) is 1. The fraction of sp³-hybridized carbons (Fsp3) is 0.0952. The molecular weight excluding hydrogens is 378 g/mol. The van der Waals surface area contributed by atoms with Crippen molar-refractivity contribution in [3.8, 4) is 11.1 Å². The third-order valence-electron chi connectivity index (χ3n) is 4.26. The summed E-state index contributed by atoms with van der Waals surface area (Å²) in [4.78, 5) is 23.2. The Kier molecular flexibility index (Phi) is 7.26. The predicted molar refractivity (Wildman–Crippen MR) is 111 cm³/mol. The lowest BCUT2D eigenvalue weighted by atomic mass is 10.0. The second-order valence-electron chi connectivity index (χ2n) is 6.06. The van der Waals surface area contributed by atoms with E-state index in [2.05, 4.69) is 5.32 Å². The molecule has 3 N–H and O–H groups in total. The summed E-state index contributed by atoms with van der Waals surface area (Å²) < 4.78 is 0. The van der Waals surface area contributed by atoms with E-state index in [0.717, 1.165) is 11.1 Å². The average Bonchev–Trinajstić information content (AvgIpc) is 2.72. The number of nitrogens with zero attached hydrogens (tertiary/aromatic N) is 1. The Morgan fingerprint density at radius 2 is 1.61 bits per heavy atom. The third kappa shape index (κ3) is 4.94. The number of nitro benzene ring substituents is 1. The van der Waals surface area contributed by atoms with Crippen LogP contribution >= 0.6 is 12.4 Å². The molecule has 0 aromatic heterocycles. The highest BCUT2D eigenvalue weighted by Crippen LogP contribution is 2.25. The molecule has 3 aromatic rings. The molecule has 0 aliphatic carbocycles. The summed E-state index contributed by atoms with van der Waals surface area (Å²) in [5.41, 5.74) is 8.64. The molecule has 6 nitrogen and oxygen atoms in total. The van der Waals surface area contributed by atoms with Crippen molar-refractivity contribution in [3.63, 3.8) is 0 Å². The molecule has 0 saturated carbocycles. The van der Waals surface area contributed by atoms with E-state index in [1.165, 1.54) is 12.1 Å². The summed E-state index contributed by atoms with van der Waals surface area (Å²) in [5, 5.41) is 13.9. The average molecular weight is 398 g/mol. The zero-order valence-electron chi connectivity index (χ0n) is 14.9. The number of hydrogen-bond acceptors (Lipinski definition) is 4. The van der Waals surface area contributed by atoms with E-state index in [1.807, 2.05) is 36.4 Å². The molecule has 0 aliphatic rings. The molecule has 7 heteroatoms. The summed E-state index contributed by atoms with van der Waals surface area (Å²) in [7, 11) is 0. The lowest BCUT2D eigenvalue weighted by molar-refractivity contribution is -0.384. The van der Waals surface area contributed by atoms with E-state index in [9.17, 15) is 14.9 Å². The first-order chi connectivity index (χ1) is 13.1. The first-order valence-electron chi connectivity index (χ1n) is 8.49. The molecule has 1 amide bonds. The maximum atomic E-state index is 12.7. The van der Waals surface area contributed by atoms with E-state index >= 15 is 0 Å². The normalized spacial score (nSPS) is 11.2. The first-order valence-corrected chi connectivity index (χ1v) is 8.49. The number of benzene rings is 3. The number of amides is 1. The molecule has 0 radical (unpaired) electrons. The summed E-state index contributed by atoms with van der Waals surface area (Å²) in [6.45, 7) is 0.278. The monoisotopic (exact) mass is 397 g/mol. The van der Waals surface area contributed by atoms with Gasteiger partial charge in [0.05, 0.1) is 11.0 Å². The largest absolute Gasteiger partial charge is 0.344 e. The van der Waals surface area contributed by atoms with Crippen LogP contribution in [0.1, 0.15) is 22.0 Å². The highest BCUT2D eigenvalue weighted by Gasteiger charge is 2.15. The second-order valence-corrected chi connectivity index (χ2v) is 6.06. The first kappa shape index (κ1) is 21.1. The van der Waals surface area contributed by atoms with E-state index in [1.54, 1.807) is 30.3 Å². The molecule has 0 fully saturated rings. The predicted octanol–water partition coefficient (Wildman–Crippen LogP) is 4.11. The van der Waals surface area contributed by atoms with Crippen molar-refractivity contribution < 1.29 is 9.72 Å². The number of halogens is 1. The number of nitrogens with two attached hydrogens (primary N) is 1. The lowest BCUT2D eigenvalue weighted by Gasteiger charge is -2.17. The Morgan fingerprint density at radius 1 is 0.964 bits per heavy atom. The molecule has 3 aromatic carbocycles. The van der Waals surface area contributed by atoms with Crippen molar-refractivity contribution in [2.24, 2.45) is 5.73 Å². The summed E-state index contributed by atoms with van der Waals surface area (Å²) in [5.74, 6) is -0.249. The van der Waals surface area contributed by atoms with Gasteiger partial charge in [-0.05, 0) is 28.8 Å². The highest BCUT2D eigenvalue weighted by atomic mass is 35.5. The van der Waals surface area contributed by atoms with Crippen LogP contribution in [0.2, 0.25) is 0 Å². The number of carbonyl (C=O) groups is 1. The van der Waals surface area contributed by atoms with Crippen LogP contribution < -0.4 is 11.1 Å². The topological polar surface area (TPSA) is 98.3 Å². The number of hydrogen-bond donors (Lipinski definition) is 2. The van der Waals surface area contributed by atoms with Crippen LogP contribution in [0.25, 0.3) is 11.1 Å². The van der Waals surface area contributed by atoms with Crippen molar-refractivity contribution >= 4 is 24.0 Å². The van der Waals surface area contributed by atoms with Gasteiger partial charge < -0.3 is 11.1 Å². The molecular formula is C21H20ClN3O3. The van der Waals surface area contributed by atoms with Gasteiger partial charge >= 0.3 is 0 Å². The summed E-state index contributed by atoms with van der Waals surface area (Å²) in [6, 6.07) is 22.5. The van der Waals surface area contributed by atoms with Crippen LogP contribution in [0.5, 0.6) is 0 Å². The molecule has 0 aliphatic heterocycles. The Morgan fingerprint density at radius 3 is 2.25 bits per heavy atom. The Labute approximate surface area is 168 Å². The van der Waals surface area contributed by atoms with Crippen molar-refractivity contribution in [3.05, 3.63) is 100 Å². The van der Waals surface area contributed by atoms with Crippen LogP contribution in [0.3, 0.4) is 0 Å². The maximum absolute atomic E-state index is 12.7. The lowest BCUT2D eigenvalue weighted by Crippen LogP contribution is -2.33. The van der Waals surface area contributed by atoms with Crippen molar-refractivity contribution in [1.29, 1.82) is 0 Å². The van der Waals surface area contributed by atoms with Crippen LogP contribution in [-0.2, 0) is 0 Å². The number of carbonyl (C=O) groups excluding carboxylic acids is 1. The number of nitro groups is 1. The third-order valence-corrected chi connectivity index (χ3v) is 4.26. The molecule has 0 spiro atoms. The van der Waals surface area contributed by atoms with Crippen LogP contribution in [-0.4, -0.2) is 17.4 Å². The van der Waals surface area contributed by atoms with Crippen LogP contribution in [0.15, 0.2) is 78.9 Å². The second kappa shape index (κ2) is 9.64. The molecule has 144 valence electrons. The molecule has 28 heavy (non-hydrogen) atoms. The Hall–Kier alpha value is -3.22. The van der Waals surface area contributed by atoms with Gasteiger partial charge in [-0.25, -0.2) is 0 Å². The highest BCUT2D eigenvalue weighted by molar-refractivity contribution is 5.95. The van der Waals surface area contributed by atoms with Gasteiger partial charge in [0.15, 0.2) is 0 Å². The Bertz CT molecular complexity index is 964. The van der Waals surface area contributed by atoms with E-state index in [-0.39, 0.29) is 36.6 Å². The summed E-state index contributed by atoms with van der Waals surface area (Å²) >= 11 is 0. The zero-order valence-corrected chi connectivity index (χ0v) is 15.8. The van der Waals surface area contributed by atoms with Gasteiger partial charge in [0.2, 0.25) is 0 Å². The van der Waals surface area contributed by atoms with Crippen LogP contribution in [0.4, 0.5) is 5.69 Å². The Balaban J connectivity index is 0.00000280. The standard InChI is InChI=1S/C21H19N3O3.ClH/c22-14-20(15-6-2-1-3-7-15)23-21(25)18-10-4-8-16(12-18)17-9-5-11-19(13-17)24(26)27;/h1-13,20H,14,22H2,(H,23,25);1H/t20-;/m0./s1. The molecule has 1 atom stereocenters. The van der Waals surface area contributed by atoms with Gasteiger partial charge in [-0.2, -0.15) is 0 Å². The van der Waals surface area contributed by atoms with E-state index < -0.39 is 4.92 Å². The van der Waals surface area contributed by atoms with E-state index in [0.29, 0.717) is 11.1 Å². The fourth-order valence-corrected chi connectivity index (χ4v) is 2.84. The van der Waals surface area contributed by atoms with Crippen molar-refractivity contribution in [2.45, 2.75) is 6.04 Å². The van der Waals surface area contributed by atoms with Gasteiger partial charge in [0.25, 0.3) is 11.6 Å². The number of non-ortho nitro benzene ring substituents is 1. The van der Waals surface area contributed by atoms with Gasteiger partial charge in [-0.15, -0.1) is 12.4 Å². The van der Waals surface area contributed by atoms with Gasteiger partial charge in [-0.1, -0.05) is 54.6 Å². The minimum Gasteiger partial charge on any atom is -0.344 e. The number of rotatable bonds is 6. The quantitative estimate of drug-likeness (QED) is 0.483. The molecule has 0 saturated heterocycles. The van der Waals surface area contributed by atoms with E-state index in [4.69, 9.17) is 5.73 Å². The molecule has 3 rings (SSSR count). The molecule has 0 bridgehead atoms. The van der Waals surface area contributed by atoms with Gasteiger partial charge in [-0.3, -0.25) is 14.9 Å². The van der Waals surface area contributed by atoms with Gasteiger partial charge in [0.1, 0.15) is 0 Å². The molecule has 0 heterocycles. The fourth-order valence-electron chi connectivity index (χ4n) is 2.84. The smallest absolute Gasteiger partial charge is 0.270 e. The van der Waals surface area contributed by atoms with Crippen molar-refractivity contribution in [1.82, 2.24) is 5.32 Å². The minimum atomic E-state index is -0.439. The molecule has 0 unspecified atom stereocenters. The van der Waals surface area contributed by atoms with Crippen molar-refractivity contribution in [2.75, 3.05) is 6.54 Å².